The fourth-order valence-corrected chi connectivity index (χ4v) is 4.60. The average molecular weight is 509 g/mol. The van der Waals surface area contributed by atoms with Gasteiger partial charge >= 0.3 is 5.97 Å². The van der Waals surface area contributed by atoms with E-state index in [-0.39, 0.29) is 0 Å². The third-order valence-corrected chi connectivity index (χ3v) is 6.56. The smallest absolute Gasteiger partial charge is 0.335 e. The van der Waals surface area contributed by atoms with Gasteiger partial charge in [-0.3, -0.25) is 4.90 Å². The molecule has 0 saturated carbocycles. The molecule has 0 radical (unpaired) electrons. The van der Waals surface area contributed by atoms with Gasteiger partial charge in [0.25, 0.3) is 0 Å². The molecule has 3 aromatic rings. The summed E-state index contributed by atoms with van der Waals surface area (Å²) in [5, 5.41) is 9.06. The number of carboxylic acids is 1. The number of carbonyl (C=O) groups is 1. The predicted molar refractivity (Wildman–Crippen MR) is 134 cm³/mol. The van der Waals surface area contributed by atoms with E-state index in [0.717, 1.165) is 47.7 Å². The first-order valence-corrected chi connectivity index (χ1v) is 12.0. The summed E-state index contributed by atoms with van der Waals surface area (Å²) in [6.45, 7) is 3.85. The summed E-state index contributed by atoms with van der Waals surface area (Å²) < 4.78 is 6.97. The Bertz CT molecular complexity index is 1050. The van der Waals surface area contributed by atoms with Crippen molar-refractivity contribution in [3.8, 4) is 11.5 Å². The quantitative estimate of drug-likeness (QED) is 0.382. The van der Waals surface area contributed by atoms with Crippen molar-refractivity contribution in [3.05, 3.63) is 94.0 Å². The van der Waals surface area contributed by atoms with Crippen molar-refractivity contribution in [2.75, 3.05) is 20.1 Å². The van der Waals surface area contributed by atoms with E-state index in [1.807, 2.05) is 48.5 Å². The van der Waals surface area contributed by atoms with Crippen LogP contribution in [0, 0.1) is 0 Å². The number of hydrogen-bond acceptors (Lipinski definition) is 4. The van der Waals surface area contributed by atoms with Gasteiger partial charge in [-0.1, -0.05) is 40.2 Å². The summed E-state index contributed by atoms with van der Waals surface area (Å²) in [7, 11) is 2.13. The van der Waals surface area contributed by atoms with Gasteiger partial charge in [0, 0.05) is 30.1 Å². The summed E-state index contributed by atoms with van der Waals surface area (Å²) >= 11 is 3.44. The molecule has 0 spiro atoms. The molecule has 0 bridgehead atoms. The van der Waals surface area contributed by atoms with Crippen LogP contribution in [0.2, 0.25) is 0 Å². The molecule has 1 saturated heterocycles. The number of ether oxygens (including phenoxy) is 1. The topological polar surface area (TPSA) is 53.0 Å². The summed E-state index contributed by atoms with van der Waals surface area (Å²) in [6, 6.07) is 23.9. The van der Waals surface area contributed by atoms with Gasteiger partial charge in [0.05, 0.1) is 5.56 Å². The summed E-state index contributed by atoms with van der Waals surface area (Å²) in [5.41, 5.74) is 2.75. The standard InChI is InChI=1S/C27H29BrN2O3/c1-29(17-20-4-8-22(9-5-20)27(31)32)19-24-3-2-16-30(24)18-21-6-12-25(13-7-21)33-26-14-10-23(28)11-15-26/h4-15,24H,2-3,16-19H2,1H3,(H,31,32)/t24-/m1/s1. The van der Waals surface area contributed by atoms with Crippen molar-refractivity contribution in [2.45, 2.75) is 32.0 Å². The van der Waals surface area contributed by atoms with Gasteiger partial charge in [0.2, 0.25) is 0 Å². The fraction of sp³-hybridized carbons (Fsp3) is 0.296. The van der Waals surface area contributed by atoms with Gasteiger partial charge in [-0.25, -0.2) is 4.79 Å². The van der Waals surface area contributed by atoms with Crippen LogP contribution in [0.15, 0.2) is 77.3 Å². The predicted octanol–water partition coefficient (Wildman–Crippen LogP) is 6.04. The van der Waals surface area contributed by atoms with Gasteiger partial charge in [-0.15, -0.1) is 0 Å². The van der Waals surface area contributed by atoms with Crippen molar-refractivity contribution in [1.29, 1.82) is 0 Å². The van der Waals surface area contributed by atoms with E-state index in [1.165, 1.54) is 18.4 Å². The van der Waals surface area contributed by atoms with Crippen molar-refractivity contribution < 1.29 is 14.6 Å². The van der Waals surface area contributed by atoms with Gasteiger partial charge < -0.3 is 14.7 Å². The molecule has 1 N–H and O–H groups in total. The molecular weight excluding hydrogens is 480 g/mol. The lowest BCUT2D eigenvalue weighted by Crippen LogP contribution is -2.38. The Labute approximate surface area is 203 Å². The molecule has 6 heteroatoms. The lowest BCUT2D eigenvalue weighted by atomic mass is 10.1. The first-order valence-electron chi connectivity index (χ1n) is 11.2. The molecule has 33 heavy (non-hydrogen) atoms. The van der Waals surface area contributed by atoms with Crippen LogP contribution in [0.1, 0.15) is 34.3 Å². The van der Waals surface area contributed by atoms with Crippen LogP contribution in [0.5, 0.6) is 11.5 Å². The van der Waals surface area contributed by atoms with Crippen LogP contribution in [0.3, 0.4) is 0 Å². The molecule has 0 amide bonds. The molecule has 0 aliphatic carbocycles. The minimum atomic E-state index is -0.885. The lowest BCUT2D eigenvalue weighted by Gasteiger charge is -2.29. The van der Waals surface area contributed by atoms with Crippen LogP contribution >= 0.6 is 15.9 Å². The van der Waals surface area contributed by atoms with E-state index in [1.54, 1.807) is 12.1 Å². The Hall–Kier alpha value is -2.67. The van der Waals surface area contributed by atoms with Crippen molar-refractivity contribution in [3.63, 3.8) is 0 Å². The highest BCUT2D eigenvalue weighted by Gasteiger charge is 2.25. The Morgan fingerprint density at radius 3 is 2.24 bits per heavy atom. The number of likely N-dealkylation sites (N-methyl/N-ethyl adjacent to an activating group) is 1. The second-order valence-corrected chi connectivity index (χ2v) is 9.58. The number of likely N-dealkylation sites (tertiary alicyclic amines) is 1. The number of nitrogens with zero attached hydrogens (tertiary/aromatic N) is 2. The maximum absolute atomic E-state index is 11.0. The van der Waals surface area contributed by atoms with E-state index in [4.69, 9.17) is 9.84 Å². The highest BCUT2D eigenvalue weighted by atomic mass is 79.9. The van der Waals surface area contributed by atoms with E-state index in [2.05, 4.69) is 44.9 Å². The molecule has 0 unspecified atom stereocenters. The average Bonchev–Trinajstić information content (AvgIpc) is 3.23. The Balaban J connectivity index is 1.29. The maximum Gasteiger partial charge on any atom is 0.335 e. The van der Waals surface area contributed by atoms with E-state index >= 15 is 0 Å². The largest absolute Gasteiger partial charge is 0.478 e. The van der Waals surface area contributed by atoms with Crippen LogP contribution in [-0.4, -0.2) is 47.1 Å². The zero-order valence-corrected chi connectivity index (χ0v) is 20.4. The van der Waals surface area contributed by atoms with E-state index in [0.29, 0.717) is 11.6 Å². The van der Waals surface area contributed by atoms with Crippen LogP contribution in [-0.2, 0) is 13.1 Å². The number of aromatic carboxylic acids is 1. The molecule has 1 fully saturated rings. The SMILES string of the molecule is CN(Cc1ccc(C(=O)O)cc1)C[C@H]1CCCN1Cc1ccc(Oc2ccc(Br)cc2)cc1. The first kappa shape index (κ1) is 23.5. The van der Waals surface area contributed by atoms with Crippen LogP contribution in [0.25, 0.3) is 0 Å². The molecule has 4 rings (SSSR count). The second kappa shape index (κ2) is 11.0. The molecule has 1 aliphatic heterocycles. The number of benzene rings is 3. The van der Waals surface area contributed by atoms with Gasteiger partial charge in [0.1, 0.15) is 11.5 Å². The van der Waals surface area contributed by atoms with E-state index in [9.17, 15) is 4.79 Å². The minimum Gasteiger partial charge on any atom is -0.478 e. The summed E-state index contributed by atoms with van der Waals surface area (Å²) in [4.78, 5) is 15.9. The summed E-state index contributed by atoms with van der Waals surface area (Å²) in [6.07, 6.45) is 2.42. The molecule has 172 valence electrons. The van der Waals surface area contributed by atoms with Gasteiger partial charge in [-0.2, -0.15) is 0 Å². The molecule has 5 nitrogen and oxygen atoms in total. The first-order chi connectivity index (χ1) is 16.0. The fourth-order valence-electron chi connectivity index (χ4n) is 4.33. The van der Waals surface area contributed by atoms with Crippen LogP contribution < -0.4 is 4.74 Å². The van der Waals surface area contributed by atoms with Crippen molar-refractivity contribution >= 4 is 21.9 Å². The number of rotatable bonds is 9. The summed E-state index contributed by atoms with van der Waals surface area (Å²) in [5.74, 6) is 0.781. The lowest BCUT2D eigenvalue weighted by molar-refractivity contribution is 0.0697. The van der Waals surface area contributed by atoms with Crippen molar-refractivity contribution in [1.82, 2.24) is 9.80 Å². The van der Waals surface area contributed by atoms with Crippen molar-refractivity contribution in [2.24, 2.45) is 0 Å². The maximum atomic E-state index is 11.0. The zero-order chi connectivity index (χ0) is 23.2. The Morgan fingerprint density at radius 1 is 1.00 bits per heavy atom. The molecule has 3 aromatic carbocycles. The molecule has 1 atom stereocenters. The molecule has 1 aliphatic rings. The third kappa shape index (κ3) is 6.67. The van der Waals surface area contributed by atoms with Gasteiger partial charge in [-0.05, 0) is 86.1 Å². The number of hydrogen-bond donors (Lipinski definition) is 1. The molecule has 1 heterocycles. The Morgan fingerprint density at radius 2 is 1.61 bits per heavy atom. The number of halogens is 1. The third-order valence-electron chi connectivity index (χ3n) is 6.03. The van der Waals surface area contributed by atoms with E-state index < -0.39 is 5.97 Å². The highest BCUT2D eigenvalue weighted by molar-refractivity contribution is 9.10. The molecular formula is C27H29BrN2O3. The van der Waals surface area contributed by atoms with Gasteiger partial charge in [0.15, 0.2) is 0 Å². The Kier molecular flexibility index (Phi) is 7.81. The second-order valence-electron chi connectivity index (χ2n) is 8.67. The molecule has 0 aromatic heterocycles. The highest BCUT2D eigenvalue weighted by Crippen LogP contribution is 2.25. The normalized spacial score (nSPS) is 16.3. The minimum absolute atomic E-state index is 0.330. The monoisotopic (exact) mass is 508 g/mol. The number of carboxylic acid groups (broad SMARTS) is 1. The zero-order valence-electron chi connectivity index (χ0n) is 18.8. The van der Waals surface area contributed by atoms with Crippen LogP contribution in [0.4, 0.5) is 0 Å².